The van der Waals surface area contributed by atoms with E-state index in [1.165, 1.54) is 5.56 Å². The molecule has 0 bridgehead atoms. The second-order valence-electron chi connectivity index (χ2n) is 8.57. The van der Waals surface area contributed by atoms with E-state index >= 15 is 0 Å². The molecular weight excluding hydrogens is 442 g/mol. The summed E-state index contributed by atoms with van der Waals surface area (Å²) in [5.74, 6) is 2.82. The molecule has 0 spiro atoms. The van der Waals surface area contributed by atoms with Crippen molar-refractivity contribution in [1.29, 1.82) is 0 Å². The van der Waals surface area contributed by atoms with Crippen molar-refractivity contribution < 1.29 is 4.52 Å². The van der Waals surface area contributed by atoms with Crippen molar-refractivity contribution >= 4 is 11.5 Å². The van der Waals surface area contributed by atoms with Crippen molar-refractivity contribution in [2.24, 2.45) is 0 Å². The lowest BCUT2D eigenvalue weighted by molar-refractivity contribution is 0.249. The monoisotopic (exact) mass is 467 g/mol. The van der Waals surface area contributed by atoms with E-state index in [4.69, 9.17) is 9.62 Å². The Kier molecular flexibility index (Phi) is 5.85. The number of pyridine rings is 1. The summed E-state index contributed by atoms with van der Waals surface area (Å²) >= 11 is 0. The Morgan fingerprint density at radius 2 is 1.66 bits per heavy atom. The number of aromatic nitrogens is 7. The number of piperazine rings is 1. The van der Waals surface area contributed by atoms with Crippen LogP contribution < -0.4 is 4.90 Å². The first kappa shape index (κ1) is 21.4. The zero-order valence-electron chi connectivity index (χ0n) is 19.2. The summed E-state index contributed by atoms with van der Waals surface area (Å²) in [4.78, 5) is 13.3. The zero-order chi connectivity index (χ0) is 23.5. The molecule has 1 aromatic carbocycles. The lowest BCUT2D eigenvalue weighted by Gasteiger charge is -2.35. The molecule has 0 N–H and O–H groups in total. The number of rotatable bonds is 7. The predicted octanol–water partition coefficient (Wildman–Crippen LogP) is 2.68. The van der Waals surface area contributed by atoms with Gasteiger partial charge in [-0.1, -0.05) is 35.5 Å². The first-order chi connectivity index (χ1) is 17.3. The summed E-state index contributed by atoms with van der Waals surface area (Å²) in [6, 6.07) is 18.3. The number of nitrogens with zero attached hydrogens (tertiary/aromatic N) is 9. The molecule has 1 saturated heterocycles. The number of benzene rings is 1. The van der Waals surface area contributed by atoms with Crippen molar-refractivity contribution in [2.45, 2.75) is 19.4 Å². The molecule has 10 nitrogen and oxygen atoms in total. The van der Waals surface area contributed by atoms with E-state index in [9.17, 15) is 0 Å². The summed E-state index contributed by atoms with van der Waals surface area (Å²) in [5, 5.41) is 17.6. The van der Waals surface area contributed by atoms with Crippen molar-refractivity contribution in [3.05, 3.63) is 84.3 Å². The van der Waals surface area contributed by atoms with Gasteiger partial charge in [-0.05, 0) is 29.8 Å². The Morgan fingerprint density at radius 1 is 0.829 bits per heavy atom. The molecule has 0 atom stereocenters. The van der Waals surface area contributed by atoms with Crippen LogP contribution in [0.25, 0.3) is 17.0 Å². The van der Waals surface area contributed by atoms with E-state index in [-0.39, 0.29) is 0 Å². The maximum Gasteiger partial charge on any atom is 0.227 e. The lowest BCUT2D eigenvalue weighted by atomic mass is 10.2. The molecule has 0 saturated carbocycles. The van der Waals surface area contributed by atoms with Gasteiger partial charge in [-0.15, -0.1) is 15.3 Å². The molecular formula is C25H25N9O. The molecule has 0 radical (unpaired) electrons. The molecule has 176 valence electrons. The fraction of sp³-hybridized carbons (Fsp3) is 0.280. The largest absolute Gasteiger partial charge is 0.353 e. The van der Waals surface area contributed by atoms with Crippen molar-refractivity contribution in [3.8, 4) is 11.4 Å². The minimum absolute atomic E-state index is 0.555. The van der Waals surface area contributed by atoms with Crippen LogP contribution in [0.3, 0.4) is 0 Å². The average molecular weight is 468 g/mol. The molecule has 5 heterocycles. The zero-order valence-corrected chi connectivity index (χ0v) is 19.2. The van der Waals surface area contributed by atoms with E-state index in [1.807, 2.05) is 28.8 Å². The number of hydrogen-bond acceptors (Lipinski definition) is 9. The smallest absolute Gasteiger partial charge is 0.227 e. The summed E-state index contributed by atoms with van der Waals surface area (Å²) in [5.41, 5.74) is 2.95. The van der Waals surface area contributed by atoms with E-state index in [0.717, 1.165) is 55.6 Å². The lowest BCUT2D eigenvalue weighted by Crippen LogP contribution is -2.46. The highest BCUT2D eigenvalue weighted by atomic mass is 16.5. The van der Waals surface area contributed by atoms with E-state index in [2.05, 4.69) is 65.5 Å². The van der Waals surface area contributed by atoms with E-state index in [0.29, 0.717) is 24.6 Å². The Bertz CT molecular complexity index is 1390. The molecule has 0 unspecified atom stereocenters. The van der Waals surface area contributed by atoms with Crippen molar-refractivity contribution in [1.82, 2.24) is 39.8 Å². The van der Waals surface area contributed by atoms with Crippen LogP contribution in [-0.2, 0) is 19.4 Å². The highest BCUT2D eigenvalue weighted by Gasteiger charge is 2.19. The molecule has 6 rings (SSSR count). The SMILES string of the molecule is c1ccc(CN2CCN(c3ccc4nnc(CCc5nc(-c6ccncc6)no5)n4n3)CC2)cc1. The van der Waals surface area contributed by atoms with Gasteiger partial charge in [0.1, 0.15) is 5.82 Å². The fourth-order valence-corrected chi connectivity index (χ4v) is 4.32. The minimum atomic E-state index is 0.555. The van der Waals surface area contributed by atoms with Gasteiger partial charge >= 0.3 is 0 Å². The van der Waals surface area contributed by atoms with Crippen LogP contribution in [0.2, 0.25) is 0 Å². The molecule has 1 fully saturated rings. The Hall–Kier alpha value is -4.18. The molecule has 35 heavy (non-hydrogen) atoms. The highest BCUT2D eigenvalue weighted by Crippen LogP contribution is 2.18. The van der Waals surface area contributed by atoms with E-state index < -0.39 is 0 Å². The molecule has 0 amide bonds. The molecule has 0 aliphatic carbocycles. The highest BCUT2D eigenvalue weighted by molar-refractivity contribution is 5.52. The summed E-state index contributed by atoms with van der Waals surface area (Å²) in [7, 11) is 0. The van der Waals surface area contributed by atoms with Gasteiger partial charge in [0, 0.05) is 63.5 Å². The van der Waals surface area contributed by atoms with Gasteiger partial charge in [0.2, 0.25) is 11.7 Å². The first-order valence-electron chi connectivity index (χ1n) is 11.8. The third-order valence-corrected chi connectivity index (χ3v) is 6.23. The van der Waals surface area contributed by atoms with Gasteiger partial charge < -0.3 is 9.42 Å². The number of hydrogen-bond donors (Lipinski definition) is 0. The molecule has 1 aliphatic rings. The first-order valence-corrected chi connectivity index (χ1v) is 11.8. The molecule has 5 aromatic rings. The van der Waals surface area contributed by atoms with Crippen molar-refractivity contribution in [2.75, 3.05) is 31.1 Å². The normalized spacial score (nSPS) is 14.6. The maximum absolute atomic E-state index is 5.43. The molecule has 1 aliphatic heterocycles. The van der Waals surface area contributed by atoms with Crippen LogP contribution in [0.5, 0.6) is 0 Å². The van der Waals surface area contributed by atoms with E-state index in [1.54, 1.807) is 12.4 Å². The average Bonchev–Trinajstić information content (AvgIpc) is 3.56. The third-order valence-electron chi connectivity index (χ3n) is 6.23. The van der Waals surface area contributed by atoms with Gasteiger partial charge in [0.05, 0.1) is 0 Å². The fourth-order valence-electron chi connectivity index (χ4n) is 4.32. The minimum Gasteiger partial charge on any atom is -0.353 e. The molecule has 4 aromatic heterocycles. The van der Waals surface area contributed by atoms with Gasteiger partial charge in [-0.25, -0.2) is 0 Å². The summed E-state index contributed by atoms with van der Waals surface area (Å²) < 4.78 is 7.25. The van der Waals surface area contributed by atoms with Gasteiger partial charge in [-0.3, -0.25) is 9.88 Å². The van der Waals surface area contributed by atoms with Crippen LogP contribution >= 0.6 is 0 Å². The standard InChI is InChI=1S/C25H25N9O/c1-2-4-19(5-3-1)18-32-14-16-33(17-15-32)23-7-6-21-28-29-22(34(21)30-23)8-9-24-27-25(31-35-24)20-10-12-26-13-11-20/h1-7,10-13H,8-9,14-18H2. The second kappa shape index (κ2) is 9.59. The van der Waals surface area contributed by atoms with Crippen LogP contribution in [0.15, 0.2) is 71.5 Å². The number of fused-ring (bicyclic) bond motifs is 1. The topological polar surface area (TPSA) is 101 Å². The Balaban J connectivity index is 1.11. The van der Waals surface area contributed by atoms with Crippen LogP contribution in [-0.4, -0.2) is 66.0 Å². The maximum atomic E-state index is 5.43. The van der Waals surface area contributed by atoms with Gasteiger partial charge in [-0.2, -0.15) is 9.50 Å². The number of anilines is 1. The van der Waals surface area contributed by atoms with Gasteiger partial charge in [0.15, 0.2) is 11.5 Å². The predicted molar refractivity (Wildman–Crippen MR) is 130 cm³/mol. The van der Waals surface area contributed by atoms with Crippen molar-refractivity contribution in [3.63, 3.8) is 0 Å². The van der Waals surface area contributed by atoms with Crippen LogP contribution in [0, 0.1) is 0 Å². The Labute approximate surface area is 202 Å². The number of aryl methyl sites for hydroxylation is 2. The van der Waals surface area contributed by atoms with Gasteiger partial charge in [0.25, 0.3) is 0 Å². The summed E-state index contributed by atoms with van der Waals surface area (Å²) in [6.07, 6.45) is 4.57. The second-order valence-corrected chi connectivity index (χ2v) is 8.57. The Morgan fingerprint density at radius 3 is 2.49 bits per heavy atom. The quantitative estimate of drug-likeness (QED) is 0.357. The van der Waals surface area contributed by atoms with Crippen LogP contribution in [0.1, 0.15) is 17.3 Å². The molecule has 10 heteroatoms. The van der Waals surface area contributed by atoms with Crippen LogP contribution in [0.4, 0.5) is 5.82 Å². The summed E-state index contributed by atoms with van der Waals surface area (Å²) in [6.45, 7) is 4.85. The third kappa shape index (κ3) is 4.73.